The lowest BCUT2D eigenvalue weighted by molar-refractivity contribution is -0.127. The van der Waals surface area contributed by atoms with Gasteiger partial charge in [-0.25, -0.2) is 4.98 Å². The summed E-state index contributed by atoms with van der Waals surface area (Å²) in [7, 11) is 0. The minimum absolute atomic E-state index is 0.140. The van der Waals surface area contributed by atoms with Gasteiger partial charge in [-0.05, 0) is 51.0 Å². The highest BCUT2D eigenvalue weighted by Gasteiger charge is 2.15. The van der Waals surface area contributed by atoms with Gasteiger partial charge in [0, 0.05) is 5.38 Å². The number of carbonyl (C=O) groups is 1. The average Bonchev–Trinajstić information content (AvgIpc) is 2.86. The van der Waals surface area contributed by atoms with Gasteiger partial charge in [-0.2, -0.15) is 0 Å². The molecule has 0 bridgehead atoms. The summed E-state index contributed by atoms with van der Waals surface area (Å²) in [6.07, 6.45) is -0.535. The van der Waals surface area contributed by atoms with Gasteiger partial charge in [0.25, 0.3) is 5.91 Å². The molecule has 2 aromatic rings. The fourth-order valence-electron chi connectivity index (χ4n) is 1.86. The number of thiazole rings is 1. The van der Waals surface area contributed by atoms with Crippen molar-refractivity contribution in [2.45, 2.75) is 40.3 Å². The van der Waals surface area contributed by atoms with Crippen LogP contribution in [0, 0.1) is 20.8 Å². The Labute approximate surface area is 129 Å². The Morgan fingerprint density at radius 3 is 2.71 bits per heavy atom. The minimum Gasteiger partial charge on any atom is -0.481 e. The molecule has 2 rings (SSSR count). The molecule has 0 fully saturated rings. The van der Waals surface area contributed by atoms with Crippen LogP contribution in [0.2, 0.25) is 0 Å². The molecule has 1 atom stereocenters. The van der Waals surface area contributed by atoms with E-state index in [9.17, 15) is 4.79 Å². The van der Waals surface area contributed by atoms with Crippen LogP contribution in [0.3, 0.4) is 0 Å². The molecule has 0 saturated carbocycles. The lowest BCUT2D eigenvalue weighted by Crippen LogP contribution is -2.36. The fraction of sp³-hybridized carbons (Fsp3) is 0.375. The third kappa shape index (κ3) is 4.29. The summed E-state index contributed by atoms with van der Waals surface area (Å²) in [6.45, 7) is 8.20. The number of rotatable bonds is 5. The second kappa shape index (κ2) is 6.72. The number of carbonyl (C=O) groups excluding carboxylic acids is 1. The monoisotopic (exact) mass is 304 g/mol. The molecule has 1 heterocycles. The predicted octanol–water partition coefficient (Wildman–Crippen LogP) is 3.15. The molecule has 112 valence electrons. The topological polar surface area (TPSA) is 51.2 Å². The van der Waals surface area contributed by atoms with Crippen LogP contribution < -0.4 is 10.1 Å². The third-order valence-electron chi connectivity index (χ3n) is 3.27. The van der Waals surface area contributed by atoms with Gasteiger partial charge in [0.05, 0.1) is 17.2 Å². The summed E-state index contributed by atoms with van der Waals surface area (Å²) in [5, 5.41) is 5.79. The number of aryl methyl sites for hydroxylation is 3. The van der Waals surface area contributed by atoms with E-state index < -0.39 is 6.10 Å². The molecule has 0 spiro atoms. The normalized spacial score (nSPS) is 12.0. The first-order valence-corrected chi connectivity index (χ1v) is 7.76. The summed E-state index contributed by atoms with van der Waals surface area (Å²) in [5.74, 6) is 0.573. The molecule has 0 aliphatic heterocycles. The van der Waals surface area contributed by atoms with Crippen molar-refractivity contribution in [1.82, 2.24) is 10.3 Å². The predicted molar refractivity (Wildman–Crippen MR) is 84.7 cm³/mol. The number of hydrogen-bond acceptors (Lipinski definition) is 4. The molecule has 0 aliphatic rings. The molecule has 1 aromatic carbocycles. The van der Waals surface area contributed by atoms with Gasteiger partial charge in [-0.1, -0.05) is 6.07 Å². The first kappa shape index (κ1) is 15.5. The molecule has 1 amide bonds. The van der Waals surface area contributed by atoms with Crippen LogP contribution in [0.4, 0.5) is 0 Å². The van der Waals surface area contributed by atoms with Crippen LogP contribution >= 0.6 is 11.3 Å². The van der Waals surface area contributed by atoms with E-state index in [1.807, 2.05) is 44.4 Å². The van der Waals surface area contributed by atoms with E-state index in [1.165, 1.54) is 5.56 Å². The molecule has 21 heavy (non-hydrogen) atoms. The van der Waals surface area contributed by atoms with Crippen molar-refractivity contribution < 1.29 is 9.53 Å². The highest BCUT2D eigenvalue weighted by molar-refractivity contribution is 7.09. The first-order valence-electron chi connectivity index (χ1n) is 6.88. The zero-order valence-electron chi connectivity index (χ0n) is 12.8. The number of ether oxygens (including phenoxy) is 1. The average molecular weight is 304 g/mol. The van der Waals surface area contributed by atoms with E-state index in [2.05, 4.69) is 10.3 Å². The largest absolute Gasteiger partial charge is 0.481 e. The lowest BCUT2D eigenvalue weighted by Gasteiger charge is -2.15. The number of amides is 1. The van der Waals surface area contributed by atoms with Crippen LogP contribution in [0.15, 0.2) is 23.6 Å². The summed E-state index contributed by atoms with van der Waals surface area (Å²) >= 11 is 1.58. The summed E-state index contributed by atoms with van der Waals surface area (Å²) in [6, 6.07) is 5.83. The van der Waals surface area contributed by atoms with Gasteiger partial charge in [-0.15, -0.1) is 11.3 Å². The van der Waals surface area contributed by atoms with Crippen molar-refractivity contribution in [1.29, 1.82) is 0 Å². The van der Waals surface area contributed by atoms with Crippen molar-refractivity contribution in [3.05, 3.63) is 45.4 Å². The Morgan fingerprint density at radius 2 is 2.10 bits per heavy atom. The molecule has 1 aromatic heterocycles. The van der Waals surface area contributed by atoms with Crippen LogP contribution in [0.5, 0.6) is 5.75 Å². The Bertz CT molecular complexity index is 637. The van der Waals surface area contributed by atoms with Crippen molar-refractivity contribution >= 4 is 17.2 Å². The van der Waals surface area contributed by atoms with E-state index in [1.54, 1.807) is 18.3 Å². The van der Waals surface area contributed by atoms with Crippen molar-refractivity contribution in [3.63, 3.8) is 0 Å². The zero-order chi connectivity index (χ0) is 15.4. The van der Waals surface area contributed by atoms with Gasteiger partial charge in [0.15, 0.2) is 6.10 Å². The number of hydrogen-bond donors (Lipinski definition) is 1. The molecule has 5 heteroatoms. The summed E-state index contributed by atoms with van der Waals surface area (Å²) in [4.78, 5) is 16.3. The molecule has 1 N–H and O–H groups in total. The van der Waals surface area contributed by atoms with Gasteiger partial charge in [0.2, 0.25) is 0 Å². The van der Waals surface area contributed by atoms with Crippen molar-refractivity contribution in [2.75, 3.05) is 0 Å². The zero-order valence-corrected chi connectivity index (χ0v) is 13.6. The Kier molecular flexibility index (Phi) is 4.96. The number of nitrogens with zero attached hydrogens (tertiary/aromatic N) is 1. The molecule has 0 aliphatic carbocycles. The SMILES string of the molecule is Cc1nc(CNC(=O)C(C)Oc2ccc(C)c(C)c2)cs1. The molecular weight excluding hydrogens is 284 g/mol. The third-order valence-corrected chi connectivity index (χ3v) is 4.09. The maximum Gasteiger partial charge on any atom is 0.261 e. The molecular formula is C16H20N2O2S. The molecule has 1 unspecified atom stereocenters. The van der Waals surface area contributed by atoms with Gasteiger partial charge >= 0.3 is 0 Å². The Morgan fingerprint density at radius 1 is 1.33 bits per heavy atom. The smallest absolute Gasteiger partial charge is 0.261 e. The number of aromatic nitrogens is 1. The first-order chi connectivity index (χ1) is 9.95. The van der Waals surface area contributed by atoms with Crippen LogP contribution in [-0.2, 0) is 11.3 Å². The Balaban J connectivity index is 1.88. The van der Waals surface area contributed by atoms with Crippen molar-refractivity contribution in [2.24, 2.45) is 0 Å². The lowest BCUT2D eigenvalue weighted by atomic mass is 10.1. The highest BCUT2D eigenvalue weighted by atomic mass is 32.1. The highest BCUT2D eigenvalue weighted by Crippen LogP contribution is 2.17. The maximum absolute atomic E-state index is 12.0. The molecule has 0 radical (unpaired) electrons. The standard InChI is InChI=1S/C16H20N2O2S/c1-10-5-6-15(7-11(10)2)20-12(3)16(19)17-8-14-9-21-13(4)18-14/h5-7,9,12H,8H2,1-4H3,(H,17,19). The van der Waals surface area contributed by atoms with Crippen LogP contribution in [0.25, 0.3) is 0 Å². The summed E-state index contributed by atoms with van der Waals surface area (Å²) in [5.41, 5.74) is 3.24. The second-order valence-corrected chi connectivity index (χ2v) is 6.14. The van der Waals surface area contributed by atoms with Gasteiger partial charge in [-0.3, -0.25) is 4.79 Å². The van der Waals surface area contributed by atoms with Gasteiger partial charge < -0.3 is 10.1 Å². The van der Waals surface area contributed by atoms with Crippen LogP contribution in [0.1, 0.15) is 28.8 Å². The Hall–Kier alpha value is -1.88. The minimum atomic E-state index is -0.535. The van der Waals surface area contributed by atoms with E-state index >= 15 is 0 Å². The number of benzene rings is 1. The second-order valence-electron chi connectivity index (χ2n) is 5.08. The van der Waals surface area contributed by atoms with E-state index in [0.29, 0.717) is 12.3 Å². The number of nitrogens with one attached hydrogen (secondary N) is 1. The van der Waals surface area contributed by atoms with Crippen LogP contribution in [-0.4, -0.2) is 17.0 Å². The van der Waals surface area contributed by atoms with E-state index in [0.717, 1.165) is 16.3 Å². The van der Waals surface area contributed by atoms with Crippen molar-refractivity contribution in [3.8, 4) is 5.75 Å². The quantitative estimate of drug-likeness (QED) is 0.923. The summed E-state index contributed by atoms with van der Waals surface area (Å²) < 4.78 is 5.68. The fourth-order valence-corrected chi connectivity index (χ4v) is 2.47. The molecule has 0 saturated heterocycles. The van der Waals surface area contributed by atoms with Gasteiger partial charge in [0.1, 0.15) is 5.75 Å². The maximum atomic E-state index is 12.0. The van der Waals surface area contributed by atoms with E-state index in [4.69, 9.17) is 4.74 Å². The molecule has 4 nitrogen and oxygen atoms in total. The van der Waals surface area contributed by atoms with E-state index in [-0.39, 0.29) is 5.91 Å².